The summed E-state index contributed by atoms with van der Waals surface area (Å²) in [6.45, 7) is 5.65. The third kappa shape index (κ3) is 6.55. The summed E-state index contributed by atoms with van der Waals surface area (Å²) in [6.07, 6.45) is 5.69. The van der Waals surface area contributed by atoms with Gasteiger partial charge in [0.2, 0.25) is 5.91 Å². The van der Waals surface area contributed by atoms with Gasteiger partial charge in [0.1, 0.15) is 52.6 Å². The Balaban J connectivity index is 1.18. The van der Waals surface area contributed by atoms with E-state index in [0.29, 0.717) is 30.0 Å². The van der Waals surface area contributed by atoms with Crippen LogP contribution in [-0.2, 0) is 16.1 Å². The average Bonchev–Trinajstić information content (AvgIpc) is 3.49. The molecule has 0 saturated carbocycles. The number of carbonyl (C=O) groups excluding carboxylic acids is 2. The van der Waals surface area contributed by atoms with Crippen molar-refractivity contribution in [3.8, 4) is 11.3 Å². The highest BCUT2D eigenvalue weighted by atomic mass is 16.7. The summed E-state index contributed by atoms with van der Waals surface area (Å²) < 4.78 is 4.72. The van der Waals surface area contributed by atoms with Crippen molar-refractivity contribution < 1.29 is 34.8 Å². The number of aliphatic hydroxyl groups is 4. The summed E-state index contributed by atoms with van der Waals surface area (Å²) in [4.78, 5) is 42.8. The Labute approximate surface area is 291 Å². The van der Waals surface area contributed by atoms with Gasteiger partial charge in [0.05, 0.1) is 5.39 Å². The van der Waals surface area contributed by atoms with Crippen molar-refractivity contribution >= 4 is 65.7 Å². The second-order valence-electron chi connectivity index (χ2n) is 12.3. The van der Waals surface area contributed by atoms with Crippen LogP contribution >= 0.6 is 0 Å². The number of ether oxygens (including phenoxy) is 1. The number of rotatable bonds is 8. The first-order valence-corrected chi connectivity index (χ1v) is 15.4. The summed E-state index contributed by atoms with van der Waals surface area (Å²) in [5.41, 5.74) is -3.55. The van der Waals surface area contributed by atoms with Crippen LogP contribution in [0, 0.1) is 0 Å². The van der Waals surface area contributed by atoms with Gasteiger partial charge in [0.15, 0.2) is 13.5 Å². The lowest BCUT2D eigenvalue weighted by molar-refractivity contribution is -0.382. The van der Waals surface area contributed by atoms with Crippen LogP contribution < -0.4 is 15.5 Å². The maximum atomic E-state index is 13.1. The lowest BCUT2D eigenvalue weighted by Crippen LogP contribution is -2.85. The van der Waals surface area contributed by atoms with E-state index in [1.807, 2.05) is 6.07 Å². The number of carbonyl (C=O) groups is 2. The number of pyridine rings is 1. The summed E-state index contributed by atoms with van der Waals surface area (Å²) >= 11 is 0. The highest BCUT2D eigenvalue weighted by Crippen LogP contribution is 2.45. The molecular formula is C31H30B4N8O7. The zero-order valence-corrected chi connectivity index (χ0v) is 26.7. The highest BCUT2D eigenvalue weighted by molar-refractivity contribution is 6.45. The van der Waals surface area contributed by atoms with E-state index >= 15 is 0 Å². The number of morpholine rings is 1. The lowest BCUT2D eigenvalue weighted by atomic mass is 9.50. The highest BCUT2D eigenvalue weighted by Gasteiger charge is 2.66. The number of amides is 2. The van der Waals surface area contributed by atoms with Crippen LogP contribution in [0.3, 0.4) is 0 Å². The monoisotopic (exact) mass is 670 g/mol. The Morgan fingerprint density at radius 2 is 1.80 bits per heavy atom. The van der Waals surface area contributed by atoms with Gasteiger partial charge < -0.3 is 40.8 Å². The van der Waals surface area contributed by atoms with Gasteiger partial charge in [-0.15, -0.1) is 0 Å². The van der Waals surface area contributed by atoms with Gasteiger partial charge in [-0.25, -0.2) is 9.97 Å². The SMILES string of the molecule is [B]C1([B])OC([B])(O)C(O)(O)N(c2ncnc3[nH]c(-c4ccc(NC(=O)c5cc(CN6CCCC(NC(=O)C=C)C6)ccn5)cc4)cc23)C1([B])O. The first-order chi connectivity index (χ1) is 23.5. The third-order valence-electron chi connectivity index (χ3n) is 8.60. The number of piperidine rings is 1. The van der Waals surface area contributed by atoms with Crippen molar-refractivity contribution in [3.63, 3.8) is 0 Å². The van der Waals surface area contributed by atoms with Crippen LogP contribution in [-0.4, -0.2) is 130 Å². The van der Waals surface area contributed by atoms with E-state index in [9.17, 15) is 30.0 Å². The Morgan fingerprint density at radius 1 is 1.06 bits per heavy atom. The molecule has 1 aromatic carbocycles. The van der Waals surface area contributed by atoms with Crippen molar-refractivity contribution in [2.75, 3.05) is 23.3 Å². The van der Waals surface area contributed by atoms with Crippen LogP contribution in [0.2, 0.25) is 0 Å². The molecule has 3 unspecified atom stereocenters. The Kier molecular flexibility index (Phi) is 9.18. The fourth-order valence-electron chi connectivity index (χ4n) is 6.00. The summed E-state index contributed by atoms with van der Waals surface area (Å²) in [6, 6.07) is 11.9. The van der Waals surface area contributed by atoms with Crippen molar-refractivity contribution in [2.45, 2.75) is 48.0 Å². The number of fused-ring (bicyclic) bond motifs is 1. The molecule has 6 rings (SSSR count). The second kappa shape index (κ2) is 13.0. The predicted octanol–water partition coefficient (Wildman–Crippen LogP) is -1.37. The fourth-order valence-corrected chi connectivity index (χ4v) is 6.00. The molecule has 2 amide bonds. The fraction of sp³-hybridized carbons (Fsp3) is 0.323. The van der Waals surface area contributed by atoms with Gasteiger partial charge in [-0.05, 0) is 66.9 Å². The molecule has 4 aromatic rings. The summed E-state index contributed by atoms with van der Waals surface area (Å²) in [5.74, 6) is -4.62. The van der Waals surface area contributed by atoms with Crippen LogP contribution in [0.5, 0.6) is 0 Å². The number of likely N-dealkylation sites (tertiary alicyclic amines) is 1. The molecule has 2 aliphatic rings. The standard InChI is InChI=1S/C31H30B4N8O7/c1-2-24(44)39-20-4-3-11-42(15-20)14-17-9-10-36-23(12-17)27(45)40-19-7-5-18(6-8-19)22-13-21-25(41-22)37-16-38-26(21)43-29(34,46)28(32,33)50-30(35,47)31(43,48)49/h2,5-10,12-13,16,20,46-49H,1,3-4,11,14-15H2,(H,39,44)(H,40,45)(H,37,38,41). The molecule has 8 radical (unpaired) electrons. The number of nitrogens with one attached hydrogen (secondary N) is 3. The number of aromatic nitrogens is 4. The van der Waals surface area contributed by atoms with Gasteiger partial charge in [0, 0.05) is 42.1 Å². The molecule has 2 aliphatic heterocycles. The normalized spacial score (nSPS) is 24.8. The largest absolute Gasteiger partial charge is 0.379 e. The molecular weight excluding hydrogens is 640 g/mol. The molecule has 5 heterocycles. The van der Waals surface area contributed by atoms with E-state index in [0.717, 1.165) is 31.3 Å². The van der Waals surface area contributed by atoms with Crippen LogP contribution in [0.1, 0.15) is 28.9 Å². The number of hydrogen-bond donors (Lipinski definition) is 7. The van der Waals surface area contributed by atoms with Crippen LogP contribution in [0.15, 0.2) is 67.6 Å². The molecule has 2 saturated heterocycles. The molecule has 0 bridgehead atoms. The Bertz CT molecular complexity index is 1910. The molecule has 0 aliphatic carbocycles. The lowest BCUT2D eigenvalue weighted by Gasteiger charge is -2.63. The molecule has 15 nitrogen and oxygen atoms in total. The molecule has 3 aromatic heterocycles. The van der Waals surface area contributed by atoms with Crippen LogP contribution in [0.4, 0.5) is 11.5 Å². The molecule has 19 heteroatoms. The molecule has 50 heavy (non-hydrogen) atoms. The van der Waals surface area contributed by atoms with E-state index in [1.165, 1.54) is 12.1 Å². The van der Waals surface area contributed by atoms with E-state index in [4.69, 9.17) is 36.1 Å². The smallest absolute Gasteiger partial charge is 0.295 e. The van der Waals surface area contributed by atoms with Crippen LogP contribution in [0.25, 0.3) is 22.3 Å². The first kappa shape index (κ1) is 35.3. The topological polar surface area (TPSA) is 209 Å². The number of nitrogens with zero attached hydrogens (tertiary/aromatic N) is 5. The third-order valence-corrected chi connectivity index (χ3v) is 8.60. The molecule has 2 fully saturated rings. The van der Waals surface area contributed by atoms with Gasteiger partial charge in [-0.1, -0.05) is 18.7 Å². The van der Waals surface area contributed by atoms with Crippen molar-refractivity contribution in [1.82, 2.24) is 30.2 Å². The zero-order valence-electron chi connectivity index (χ0n) is 26.7. The van der Waals surface area contributed by atoms with E-state index < -0.39 is 34.3 Å². The Morgan fingerprint density at radius 3 is 2.52 bits per heavy atom. The predicted molar refractivity (Wildman–Crippen MR) is 185 cm³/mol. The molecule has 0 spiro atoms. The molecule has 7 N–H and O–H groups in total. The minimum absolute atomic E-state index is 0.0303. The number of aromatic amines is 1. The number of anilines is 2. The van der Waals surface area contributed by atoms with Crippen molar-refractivity contribution in [2.24, 2.45) is 0 Å². The van der Waals surface area contributed by atoms with E-state index in [1.54, 1.807) is 36.5 Å². The molecule has 3 atom stereocenters. The Hall–Kier alpha value is -4.51. The zero-order chi connectivity index (χ0) is 36.1. The average molecular weight is 670 g/mol. The van der Waals surface area contributed by atoms with E-state index in [2.05, 4.69) is 42.0 Å². The summed E-state index contributed by atoms with van der Waals surface area (Å²) in [5, 5.41) is 46.1. The van der Waals surface area contributed by atoms with E-state index in [-0.39, 0.29) is 33.6 Å². The van der Waals surface area contributed by atoms with Gasteiger partial charge in [-0.2, -0.15) is 0 Å². The van der Waals surface area contributed by atoms with Gasteiger partial charge >= 0.3 is 0 Å². The second-order valence-corrected chi connectivity index (χ2v) is 12.3. The van der Waals surface area contributed by atoms with Crippen molar-refractivity contribution in [1.29, 1.82) is 0 Å². The minimum Gasteiger partial charge on any atom is -0.379 e. The maximum Gasteiger partial charge on any atom is 0.295 e. The maximum absolute atomic E-state index is 13.1. The van der Waals surface area contributed by atoms with Gasteiger partial charge in [-0.3, -0.25) is 24.4 Å². The molecule has 248 valence electrons. The van der Waals surface area contributed by atoms with Crippen molar-refractivity contribution in [3.05, 3.63) is 78.9 Å². The first-order valence-electron chi connectivity index (χ1n) is 15.4. The summed E-state index contributed by atoms with van der Waals surface area (Å²) in [7, 11) is 22.9. The number of benzene rings is 1. The number of hydrogen-bond acceptors (Lipinski definition) is 12. The quantitative estimate of drug-likeness (QED) is 0.0659. The minimum atomic E-state index is -3.59. The van der Waals surface area contributed by atoms with Gasteiger partial charge in [0.25, 0.3) is 11.8 Å². The number of H-pyrrole nitrogens is 1.